The van der Waals surface area contributed by atoms with Crippen molar-refractivity contribution < 1.29 is 24.2 Å². The summed E-state index contributed by atoms with van der Waals surface area (Å²) in [6, 6.07) is 13.4. The topological polar surface area (TPSA) is 76.1 Å². The molecule has 2 aromatic carbocycles. The van der Waals surface area contributed by atoms with Crippen LogP contribution in [0.1, 0.15) is 39.3 Å². The van der Waals surface area contributed by atoms with Gasteiger partial charge in [0.15, 0.2) is 11.5 Å². The van der Waals surface area contributed by atoms with Gasteiger partial charge in [0.2, 0.25) is 0 Å². The molecule has 0 bridgehead atoms. The van der Waals surface area contributed by atoms with E-state index in [-0.39, 0.29) is 23.4 Å². The Hall–Kier alpha value is -3.28. The minimum Gasteiger partial charge on any atom is -0.503 e. The van der Waals surface area contributed by atoms with E-state index in [9.17, 15) is 14.7 Å². The van der Waals surface area contributed by atoms with Crippen molar-refractivity contribution in [3.8, 4) is 11.5 Å². The van der Waals surface area contributed by atoms with Gasteiger partial charge >= 0.3 is 0 Å². The highest BCUT2D eigenvalue weighted by Crippen LogP contribution is 2.44. The number of rotatable bonds is 7. The molecule has 30 heavy (non-hydrogen) atoms. The van der Waals surface area contributed by atoms with Gasteiger partial charge in [-0.05, 0) is 44.2 Å². The lowest BCUT2D eigenvalue weighted by Crippen LogP contribution is -2.31. The van der Waals surface area contributed by atoms with E-state index in [1.807, 2.05) is 26.0 Å². The van der Waals surface area contributed by atoms with E-state index in [2.05, 4.69) is 0 Å². The van der Waals surface area contributed by atoms with Gasteiger partial charge in [0.05, 0.1) is 24.8 Å². The number of benzene rings is 2. The number of para-hydroxylation sites is 1. The second-order valence-corrected chi connectivity index (χ2v) is 7.76. The van der Waals surface area contributed by atoms with Crippen LogP contribution < -0.4 is 14.4 Å². The van der Waals surface area contributed by atoms with Crippen LogP contribution >= 0.6 is 0 Å². The zero-order valence-corrected chi connectivity index (χ0v) is 17.9. The number of aliphatic hydroxyl groups excluding tert-OH is 1. The van der Waals surface area contributed by atoms with Crippen LogP contribution in [0.5, 0.6) is 11.5 Å². The highest BCUT2D eigenvalue weighted by Gasteiger charge is 2.45. The molecule has 1 atom stereocenters. The van der Waals surface area contributed by atoms with Crippen LogP contribution in [0.15, 0.2) is 59.9 Å². The molecule has 0 fully saturated rings. The van der Waals surface area contributed by atoms with Gasteiger partial charge in [-0.15, -0.1) is 0 Å². The number of amides is 1. The largest absolute Gasteiger partial charge is 0.503 e. The Morgan fingerprint density at radius 3 is 2.23 bits per heavy atom. The number of aliphatic hydroxyl groups is 1. The lowest BCUT2D eigenvalue weighted by molar-refractivity contribution is -0.119. The number of ether oxygens (including phenoxy) is 2. The third kappa shape index (κ3) is 3.90. The Balaban J connectivity index is 2.14. The van der Waals surface area contributed by atoms with Gasteiger partial charge in [-0.1, -0.05) is 32.0 Å². The smallest absolute Gasteiger partial charge is 0.294 e. The highest BCUT2D eigenvalue weighted by molar-refractivity contribution is 6.17. The second-order valence-electron chi connectivity index (χ2n) is 7.76. The molecule has 1 aliphatic rings. The van der Waals surface area contributed by atoms with Crippen LogP contribution in [-0.4, -0.2) is 30.0 Å². The van der Waals surface area contributed by atoms with Gasteiger partial charge in [-0.25, -0.2) is 0 Å². The Kier molecular flexibility index (Phi) is 6.15. The monoisotopic (exact) mass is 409 g/mol. The molecule has 0 spiro atoms. The van der Waals surface area contributed by atoms with Crippen LogP contribution in [0.25, 0.3) is 0 Å². The predicted molar refractivity (Wildman–Crippen MR) is 115 cm³/mol. The fourth-order valence-corrected chi connectivity index (χ4v) is 3.58. The number of anilines is 1. The fraction of sp³-hybridized carbons (Fsp3) is 0.333. The van der Waals surface area contributed by atoms with Crippen LogP contribution in [0, 0.1) is 5.92 Å². The number of Topliss-reactive ketones (excluding diaryl/α,β-unsaturated/α-hetero) is 1. The quantitative estimate of drug-likeness (QED) is 0.723. The molecule has 0 radical (unpaired) electrons. The van der Waals surface area contributed by atoms with E-state index in [0.717, 1.165) is 0 Å². The number of nitrogens with zero attached hydrogens (tertiary/aromatic N) is 1. The Bertz CT molecular complexity index is 975. The predicted octanol–water partition coefficient (Wildman–Crippen LogP) is 4.61. The lowest BCUT2D eigenvalue weighted by atomic mass is 9.90. The third-order valence-corrected chi connectivity index (χ3v) is 4.92. The summed E-state index contributed by atoms with van der Waals surface area (Å²) >= 11 is 0. The number of hydrogen-bond donors (Lipinski definition) is 1. The lowest BCUT2D eigenvalue weighted by Gasteiger charge is -2.28. The van der Waals surface area contributed by atoms with E-state index in [1.54, 1.807) is 50.2 Å². The number of carbonyl (C=O) groups is 2. The minimum atomic E-state index is -0.791. The molecule has 0 saturated carbocycles. The van der Waals surface area contributed by atoms with Crippen molar-refractivity contribution in [2.75, 3.05) is 12.0 Å². The van der Waals surface area contributed by atoms with Crippen LogP contribution in [0.4, 0.5) is 5.69 Å². The standard InChI is InChI=1S/C24H27NO5/c1-14(2)22(26)20-21(18-8-6-7-9-19(18)29-5)25(24(28)23(20)27)16-10-12-17(13-11-16)30-15(3)4/h6-15,21,27H,1-5H3. The molecule has 6 nitrogen and oxygen atoms in total. The summed E-state index contributed by atoms with van der Waals surface area (Å²) in [5.41, 5.74) is 1.26. The van der Waals surface area contributed by atoms with Crippen molar-refractivity contribution in [2.24, 2.45) is 5.92 Å². The average molecular weight is 409 g/mol. The molecular formula is C24H27NO5. The van der Waals surface area contributed by atoms with Gasteiger partial charge in [-0.2, -0.15) is 0 Å². The Labute approximate surface area is 176 Å². The molecule has 2 aromatic rings. The maximum Gasteiger partial charge on any atom is 0.294 e. The first-order chi connectivity index (χ1) is 14.3. The van der Waals surface area contributed by atoms with Gasteiger partial charge in [0.25, 0.3) is 5.91 Å². The summed E-state index contributed by atoms with van der Waals surface area (Å²) in [5.74, 6) is -0.596. The summed E-state index contributed by atoms with van der Waals surface area (Å²) in [6.45, 7) is 7.35. The van der Waals surface area contributed by atoms with E-state index in [0.29, 0.717) is 22.7 Å². The molecule has 0 saturated heterocycles. The Morgan fingerprint density at radius 1 is 1.03 bits per heavy atom. The van der Waals surface area contributed by atoms with Gasteiger partial charge in [0.1, 0.15) is 11.5 Å². The average Bonchev–Trinajstić information content (AvgIpc) is 2.98. The van der Waals surface area contributed by atoms with Gasteiger partial charge < -0.3 is 14.6 Å². The van der Waals surface area contributed by atoms with Crippen molar-refractivity contribution in [3.05, 3.63) is 65.4 Å². The summed E-state index contributed by atoms with van der Waals surface area (Å²) in [4.78, 5) is 27.5. The summed E-state index contributed by atoms with van der Waals surface area (Å²) in [6.07, 6.45) is 0.0200. The normalized spacial score (nSPS) is 16.6. The van der Waals surface area contributed by atoms with Crippen molar-refractivity contribution in [1.29, 1.82) is 0 Å². The zero-order chi connectivity index (χ0) is 22.0. The summed E-state index contributed by atoms with van der Waals surface area (Å²) < 4.78 is 11.2. The van der Waals surface area contributed by atoms with Crippen molar-refractivity contribution in [3.63, 3.8) is 0 Å². The molecule has 3 rings (SSSR count). The number of ketones is 1. The van der Waals surface area contributed by atoms with Gasteiger partial charge in [0, 0.05) is 17.2 Å². The molecule has 1 unspecified atom stereocenters. The highest BCUT2D eigenvalue weighted by atomic mass is 16.5. The van der Waals surface area contributed by atoms with Crippen LogP contribution in [-0.2, 0) is 9.59 Å². The van der Waals surface area contributed by atoms with Crippen LogP contribution in [0.3, 0.4) is 0 Å². The van der Waals surface area contributed by atoms with E-state index >= 15 is 0 Å². The Morgan fingerprint density at radius 2 is 1.67 bits per heavy atom. The van der Waals surface area contributed by atoms with Crippen molar-refractivity contribution in [1.82, 2.24) is 0 Å². The minimum absolute atomic E-state index is 0.0200. The molecule has 158 valence electrons. The number of hydrogen-bond acceptors (Lipinski definition) is 5. The van der Waals surface area contributed by atoms with E-state index in [1.165, 1.54) is 12.0 Å². The SMILES string of the molecule is COc1ccccc1C1C(C(=O)C(C)C)=C(O)C(=O)N1c1ccc(OC(C)C)cc1. The number of carbonyl (C=O) groups excluding carboxylic acids is 2. The van der Waals surface area contributed by atoms with Gasteiger partial charge in [-0.3, -0.25) is 14.5 Å². The van der Waals surface area contributed by atoms with Crippen molar-refractivity contribution in [2.45, 2.75) is 39.8 Å². The maximum absolute atomic E-state index is 13.1. The molecule has 1 amide bonds. The van der Waals surface area contributed by atoms with E-state index < -0.39 is 17.7 Å². The fourth-order valence-electron chi connectivity index (χ4n) is 3.58. The third-order valence-electron chi connectivity index (χ3n) is 4.92. The molecule has 0 aromatic heterocycles. The summed E-state index contributed by atoms with van der Waals surface area (Å²) in [5, 5.41) is 10.7. The molecule has 1 heterocycles. The van der Waals surface area contributed by atoms with Crippen molar-refractivity contribution >= 4 is 17.4 Å². The summed E-state index contributed by atoms with van der Waals surface area (Å²) in [7, 11) is 1.53. The molecule has 1 N–H and O–H groups in total. The van der Waals surface area contributed by atoms with Crippen LogP contribution in [0.2, 0.25) is 0 Å². The molecule has 6 heteroatoms. The number of methoxy groups -OCH3 is 1. The maximum atomic E-state index is 13.1. The first kappa shape index (κ1) is 21.4. The molecule has 1 aliphatic heterocycles. The second kappa shape index (κ2) is 8.61. The molecular weight excluding hydrogens is 382 g/mol. The first-order valence-electron chi connectivity index (χ1n) is 9.96. The first-order valence-corrected chi connectivity index (χ1v) is 9.96. The zero-order valence-electron chi connectivity index (χ0n) is 17.9. The molecule has 0 aliphatic carbocycles. The van der Waals surface area contributed by atoms with E-state index in [4.69, 9.17) is 9.47 Å².